The molecule has 2 aliphatic carbocycles. The number of rotatable bonds is 8. The van der Waals surface area contributed by atoms with Gasteiger partial charge in [-0.15, -0.1) is 0 Å². The lowest BCUT2D eigenvalue weighted by molar-refractivity contribution is 0.102. The van der Waals surface area contributed by atoms with Crippen molar-refractivity contribution >= 4 is 17.4 Å². The van der Waals surface area contributed by atoms with Crippen LogP contribution in [0.15, 0.2) is 36.7 Å². The summed E-state index contributed by atoms with van der Waals surface area (Å²) in [5.41, 5.74) is 2.37. The Hall–Kier alpha value is -2.47. The van der Waals surface area contributed by atoms with Gasteiger partial charge in [0.1, 0.15) is 17.8 Å². The lowest BCUT2D eigenvalue weighted by Gasteiger charge is -2.31. The van der Waals surface area contributed by atoms with Gasteiger partial charge in [0.15, 0.2) is 0 Å². The minimum atomic E-state index is -0.207. The second kappa shape index (κ2) is 9.56. The Morgan fingerprint density at radius 1 is 1.03 bits per heavy atom. The van der Waals surface area contributed by atoms with Crippen LogP contribution in [0.4, 0.5) is 11.5 Å². The van der Waals surface area contributed by atoms with E-state index >= 15 is 0 Å². The van der Waals surface area contributed by atoms with Crippen LogP contribution in [-0.2, 0) is 6.54 Å². The Kier molecular flexibility index (Phi) is 6.62. The van der Waals surface area contributed by atoms with Crippen LogP contribution in [0.2, 0.25) is 0 Å². The predicted octanol–water partition coefficient (Wildman–Crippen LogP) is 4.56. The Bertz CT molecular complexity index is 841. The van der Waals surface area contributed by atoms with E-state index in [1.807, 2.05) is 38.4 Å². The molecule has 30 heavy (non-hydrogen) atoms. The van der Waals surface area contributed by atoms with Gasteiger partial charge in [-0.3, -0.25) is 4.79 Å². The normalized spacial score (nSPS) is 18.2. The van der Waals surface area contributed by atoms with Gasteiger partial charge >= 0.3 is 0 Å². The molecule has 1 amide bonds. The van der Waals surface area contributed by atoms with Crippen molar-refractivity contribution in [3.05, 3.63) is 47.9 Å². The van der Waals surface area contributed by atoms with Crippen LogP contribution >= 0.6 is 0 Å². The van der Waals surface area contributed by atoms with Crippen molar-refractivity contribution in [1.29, 1.82) is 0 Å². The molecule has 6 heteroatoms. The third-order valence-corrected chi connectivity index (χ3v) is 6.21. The van der Waals surface area contributed by atoms with Gasteiger partial charge in [-0.1, -0.05) is 31.4 Å². The number of benzene rings is 1. The molecule has 0 radical (unpaired) electrons. The summed E-state index contributed by atoms with van der Waals surface area (Å²) in [5.74, 6) is 2.03. The molecule has 4 rings (SSSR count). The molecule has 1 aromatic heterocycles. The van der Waals surface area contributed by atoms with Crippen molar-refractivity contribution in [2.45, 2.75) is 57.5 Å². The number of carbonyl (C=O) groups excluding carboxylic acids is 1. The zero-order valence-electron chi connectivity index (χ0n) is 18.1. The van der Waals surface area contributed by atoms with Crippen molar-refractivity contribution in [1.82, 2.24) is 14.9 Å². The quantitative estimate of drug-likeness (QED) is 0.671. The molecule has 2 N–H and O–H groups in total. The highest BCUT2D eigenvalue weighted by Gasteiger charge is 2.37. The van der Waals surface area contributed by atoms with Crippen LogP contribution in [0.25, 0.3) is 0 Å². The van der Waals surface area contributed by atoms with Crippen LogP contribution in [0, 0.1) is 11.8 Å². The summed E-state index contributed by atoms with van der Waals surface area (Å²) < 4.78 is 0. The molecule has 0 spiro atoms. The smallest absolute Gasteiger partial charge is 0.274 e. The molecule has 2 fully saturated rings. The van der Waals surface area contributed by atoms with E-state index in [9.17, 15) is 4.79 Å². The van der Waals surface area contributed by atoms with Gasteiger partial charge in [0, 0.05) is 24.3 Å². The summed E-state index contributed by atoms with van der Waals surface area (Å²) in [6.07, 6.45) is 10.7. The fourth-order valence-corrected chi connectivity index (χ4v) is 4.55. The van der Waals surface area contributed by atoms with Crippen LogP contribution in [0.5, 0.6) is 0 Å². The van der Waals surface area contributed by atoms with Gasteiger partial charge in [-0.05, 0) is 69.3 Å². The topological polar surface area (TPSA) is 70.2 Å². The zero-order valence-corrected chi connectivity index (χ0v) is 18.1. The van der Waals surface area contributed by atoms with E-state index in [2.05, 4.69) is 25.5 Å². The standard InChI is InChI=1S/C24H33N5O/c1-29(2)15-17-8-12-20(13-9-17)27-24(30)21-14-22(26-16-25-21)28-23(19-10-11-19)18-6-4-3-5-7-18/h8-9,12-14,16,18-19,23H,3-7,10-11,15H2,1-2H3,(H,27,30)(H,25,26,28). The molecule has 2 aliphatic rings. The number of nitrogens with zero attached hydrogens (tertiary/aromatic N) is 3. The third-order valence-electron chi connectivity index (χ3n) is 6.21. The van der Waals surface area contributed by atoms with Crippen molar-refractivity contribution in [2.75, 3.05) is 24.7 Å². The van der Waals surface area contributed by atoms with Crippen molar-refractivity contribution in [2.24, 2.45) is 11.8 Å². The minimum absolute atomic E-state index is 0.207. The Morgan fingerprint density at radius 2 is 1.73 bits per heavy atom. The molecular formula is C24H33N5O. The summed E-state index contributed by atoms with van der Waals surface area (Å²) >= 11 is 0. The fourth-order valence-electron chi connectivity index (χ4n) is 4.55. The van der Waals surface area contributed by atoms with E-state index < -0.39 is 0 Å². The molecule has 0 aliphatic heterocycles. The van der Waals surface area contributed by atoms with E-state index in [0.29, 0.717) is 11.7 Å². The van der Waals surface area contributed by atoms with Gasteiger partial charge in [0.05, 0.1) is 0 Å². The lowest BCUT2D eigenvalue weighted by Crippen LogP contribution is -2.33. The number of carbonyl (C=O) groups is 1. The molecule has 0 saturated heterocycles. The first kappa shape index (κ1) is 20.8. The average Bonchev–Trinajstić information content (AvgIpc) is 3.59. The molecule has 6 nitrogen and oxygen atoms in total. The van der Waals surface area contributed by atoms with Crippen molar-refractivity contribution < 1.29 is 4.79 Å². The number of aromatic nitrogens is 2. The number of hydrogen-bond donors (Lipinski definition) is 2. The molecule has 1 aromatic carbocycles. The highest BCUT2D eigenvalue weighted by atomic mass is 16.1. The maximum Gasteiger partial charge on any atom is 0.274 e. The molecule has 1 heterocycles. The SMILES string of the molecule is CN(C)Cc1ccc(NC(=O)c2cc(NC(C3CCCCC3)C3CC3)ncn2)cc1. The number of amides is 1. The van der Waals surface area contributed by atoms with E-state index in [4.69, 9.17) is 0 Å². The van der Waals surface area contributed by atoms with E-state index in [0.717, 1.165) is 29.9 Å². The second-order valence-electron chi connectivity index (χ2n) is 9.08. The second-order valence-corrected chi connectivity index (χ2v) is 9.08. The predicted molar refractivity (Wildman–Crippen MR) is 121 cm³/mol. The molecule has 2 saturated carbocycles. The zero-order chi connectivity index (χ0) is 20.9. The van der Waals surface area contributed by atoms with Crippen molar-refractivity contribution in [3.8, 4) is 0 Å². The summed E-state index contributed by atoms with van der Waals surface area (Å²) in [7, 11) is 4.08. The Balaban J connectivity index is 1.40. The number of hydrogen-bond acceptors (Lipinski definition) is 5. The van der Waals surface area contributed by atoms with Gasteiger partial charge < -0.3 is 15.5 Å². The van der Waals surface area contributed by atoms with Crippen LogP contribution in [0.3, 0.4) is 0 Å². The number of anilines is 2. The first-order valence-electron chi connectivity index (χ1n) is 11.2. The van der Waals surface area contributed by atoms with E-state index in [1.165, 1.54) is 56.8 Å². The van der Waals surface area contributed by atoms with E-state index in [1.54, 1.807) is 6.07 Å². The molecule has 1 unspecified atom stereocenters. The Labute approximate surface area is 179 Å². The van der Waals surface area contributed by atoms with Crippen LogP contribution in [0.1, 0.15) is 61.0 Å². The molecular weight excluding hydrogens is 374 g/mol. The number of nitrogens with one attached hydrogen (secondary N) is 2. The van der Waals surface area contributed by atoms with Crippen molar-refractivity contribution in [3.63, 3.8) is 0 Å². The van der Waals surface area contributed by atoms with Gasteiger partial charge in [-0.25, -0.2) is 9.97 Å². The Morgan fingerprint density at radius 3 is 2.40 bits per heavy atom. The van der Waals surface area contributed by atoms with Gasteiger partial charge in [0.2, 0.25) is 0 Å². The molecule has 1 atom stereocenters. The maximum absolute atomic E-state index is 12.7. The summed E-state index contributed by atoms with van der Waals surface area (Å²) in [4.78, 5) is 23.5. The van der Waals surface area contributed by atoms with Crippen LogP contribution < -0.4 is 10.6 Å². The summed E-state index contributed by atoms with van der Waals surface area (Å²) in [5, 5.41) is 6.61. The lowest BCUT2D eigenvalue weighted by atomic mass is 9.82. The monoisotopic (exact) mass is 407 g/mol. The summed E-state index contributed by atoms with van der Waals surface area (Å²) in [6.45, 7) is 0.873. The van der Waals surface area contributed by atoms with Crippen LogP contribution in [-0.4, -0.2) is 40.9 Å². The van der Waals surface area contributed by atoms with Gasteiger partial charge in [-0.2, -0.15) is 0 Å². The average molecular weight is 408 g/mol. The minimum Gasteiger partial charge on any atom is -0.367 e. The highest BCUT2D eigenvalue weighted by Crippen LogP contribution is 2.41. The maximum atomic E-state index is 12.7. The molecule has 160 valence electrons. The third kappa shape index (κ3) is 5.57. The van der Waals surface area contributed by atoms with Gasteiger partial charge in [0.25, 0.3) is 5.91 Å². The fraction of sp³-hybridized carbons (Fsp3) is 0.542. The summed E-state index contributed by atoms with van der Waals surface area (Å²) in [6, 6.07) is 10.2. The van der Waals surface area contributed by atoms with E-state index in [-0.39, 0.29) is 5.91 Å². The first-order chi connectivity index (χ1) is 14.6. The molecule has 2 aromatic rings. The highest BCUT2D eigenvalue weighted by molar-refractivity contribution is 6.03. The first-order valence-corrected chi connectivity index (χ1v) is 11.2. The largest absolute Gasteiger partial charge is 0.367 e. The molecule has 0 bridgehead atoms.